The van der Waals surface area contributed by atoms with Crippen LogP contribution in [-0.4, -0.2) is 39.5 Å². The van der Waals surface area contributed by atoms with Crippen molar-refractivity contribution in [1.29, 1.82) is 0 Å². The number of carbonyl (C=O) groups excluding carboxylic acids is 2. The van der Waals surface area contributed by atoms with Gasteiger partial charge in [0.15, 0.2) is 11.5 Å². The molecule has 3 saturated carbocycles. The lowest BCUT2D eigenvalue weighted by Crippen LogP contribution is -2.66. The summed E-state index contributed by atoms with van der Waals surface area (Å²) >= 11 is 0. The van der Waals surface area contributed by atoms with Gasteiger partial charge in [0.1, 0.15) is 0 Å². The second-order valence-electron chi connectivity index (χ2n) is 9.71. The van der Waals surface area contributed by atoms with E-state index in [-0.39, 0.29) is 24.0 Å². The fraction of sp³-hybridized carbons (Fsp3) is 0.682. The monoisotopic (exact) mass is 390 g/mol. The second kappa shape index (κ2) is 5.85. The zero-order chi connectivity index (χ0) is 20.6. The standard InChI is InChI=1S/C22H27FO5/c1-11-8-15-14-5-4-12-9-13(24)6-7-21(12,3)22(14,23)16(25)10-20(15,2)17(11)18(26)19(27)28/h6-7,9,11,14-17,25H,4-5,8,10H2,1-3H3,(H,27,28)/t11-,14+,15+,16+,17-,20+,21+,22+/m1/s1. The van der Waals surface area contributed by atoms with Crippen LogP contribution in [0.4, 0.5) is 4.39 Å². The third-order valence-electron chi connectivity index (χ3n) is 8.47. The molecule has 0 unspecified atom stereocenters. The molecule has 4 aliphatic carbocycles. The van der Waals surface area contributed by atoms with Gasteiger partial charge < -0.3 is 10.2 Å². The maximum Gasteiger partial charge on any atom is 0.372 e. The lowest BCUT2D eigenvalue weighted by Gasteiger charge is -2.61. The van der Waals surface area contributed by atoms with Gasteiger partial charge >= 0.3 is 5.97 Å². The molecule has 28 heavy (non-hydrogen) atoms. The molecule has 0 aromatic rings. The van der Waals surface area contributed by atoms with E-state index in [2.05, 4.69) is 0 Å². The molecule has 0 aromatic carbocycles. The number of rotatable bonds is 2. The molecule has 8 atom stereocenters. The van der Waals surface area contributed by atoms with Crippen molar-refractivity contribution in [3.8, 4) is 0 Å². The van der Waals surface area contributed by atoms with Crippen LogP contribution in [0, 0.1) is 34.5 Å². The van der Waals surface area contributed by atoms with E-state index >= 15 is 4.39 Å². The molecule has 0 aliphatic heterocycles. The molecular weight excluding hydrogens is 363 g/mol. The average Bonchev–Trinajstić information content (AvgIpc) is 2.86. The quantitative estimate of drug-likeness (QED) is 0.708. The Kier molecular flexibility index (Phi) is 4.07. The number of allylic oxidation sites excluding steroid dienone is 4. The predicted octanol–water partition coefficient (Wildman–Crippen LogP) is 2.87. The first-order chi connectivity index (χ1) is 13.0. The van der Waals surface area contributed by atoms with Crippen LogP contribution in [0.2, 0.25) is 0 Å². The highest BCUT2D eigenvalue weighted by molar-refractivity contribution is 6.33. The highest BCUT2D eigenvalue weighted by Gasteiger charge is 2.72. The van der Waals surface area contributed by atoms with E-state index < -0.39 is 46.2 Å². The van der Waals surface area contributed by atoms with Crippen molar-refractivity contribution in [2.75, 3.05) is 0 Å². The fourth-order valence-corrected chi connectivity index (χ4v) is 7.27. The summed E-state index contributed by atoms with van der Waals surface area (Å²) in [5, 5.41) is 20.4. The van der Waals surface area contributed by atoms with Crippen LogP contribution in [-0.2, 0) is 14.4 Å². The average molecular weight is 390 g/mol. The number of ketones is 2. The number of carboxylic acid groups (broad SMARTS) is 1. The minimum absolute atomic E-state index is 0.0450. The molecule has 152 valence electrons. The summed E-state index contributed by atoms with van der Waals surface area (Å²) in [4.78, 5) is 35.7. The smallest absolute Gasteiger partial charge is 0.372 e. The van der Waals surface area contributed by atoms with E-state index in [1.807, 2.05) is 13.8 Å². The SMILES string of the molecule is C[C@@H]1C[C@H]2[C@@H]3CCC4=CC(=O)C=C[C@]4(C)[C@@]3(F)[C@@H](O)C[C@]2(C)[C@H]1C(=O)C(=O)O. The van der Waals surface area contributed by atoms with Crippen LogP contribution in [0.15, 0.2) is 23.8 Å². The Hall–Kier alpha value is -1.82. The lowest BCUT2D eigenvalue weighted by molar-refractivity contribution is -0.196. The Bertz CT molecular complexity index is 831. The molecule has 3 fully saturated rings. The van der Waals surface area contributed by atoms with Crippen molar-refractivity contribution in [2.24, 2.45) is 34.5 Å². The van der Waals surface area contributed by atoms with Crippen molar-refractivity contribution in [2.45, 2.75) is 58.2 Å². The first-order valence-corrected chi connectivity index (χ1v) is 10.0. The molecular formula is C22H27FO5. The molecule has 0 amide bonds. The fourth-order valence-electron chi connectivity index (χ4n) is 7.27. The molecule has 0 spiro atoms. The van der Waals surface area contributed by atoms with Gasteiger partial charge in [0, 0.05) is 17.3 Å². The Balaban J connectivity index is 1.80. The van der Waals surface area contributed by atoms with Crippen LogP contribution < -0.4 is 0 Å². The lowest BCUT2D eigenvalue weighted by atomic mass is 9.45. The number of halogens is 1. The van der Waals surface area contributed by atoms with Crippen LogP contribution in [0.5, 0.6) is 0 Å². The van der Waals surface area contributed by atoms with Gasteiger partial charge in [-0.25, -0.2) is 9.18 Å². The third kappa shape index (κ3) is 2.18. The van der Waals surface area contributed by atoms with Crippen molar-refractivity contribution in [3.05, 3.63) is 23.8 Å². The Morgan fingerprint density at radius 2 is 1.93 bits per heavy atom. The summed E-state index contributed by atoms with van der Waals surface area (Å²) in [5.41, 5.74) is -3.05. The number of Topliss-reactive ketones (excluding diaryl/α,β-unsaturated/α-hetero) is 1. The Morgan fingerprint density at radius 1 is 1.25 bits per heavy atom. The Labute approximate surface area is 163 Å². The minimum atomic E-state index is -1.95. The first-order valence-electron chi connectivity index (χ1n) is 10.0. The highest BCUT2D eigenvalue weighted by atomic mass is 19.1. The van der Waals surface area contributed by atoms with Gasteiger partial charge in [-0.05, 0) is 62.0 Å². The topological polar surface area (TPSA) is 91.7 Å². The Morgan fingerprint density at radius 3 is 2.57 bits per heavy atom. The van der Waals surface area contributed by atoms with E-state index in [1.54, 1.807) is 13.0 Å². The van der Waals surface area contributed by atoms with Gasteiger partial charge in [-0.3, -0.25) is 9.59 Å². The van der Waals surface area contributed by atoms with Gasteiger partial charge in [-0.15, -0.1) is 0 Å². The van der Waals surface area contributed by atoms with E-state index in [4.69, 9.17) is 0 Å². The van der Waals surface area contributed by atoms with Gasteiger partial charge in [-0.2, -0.15) is 0 Å². The molecule has 2 N–H and O–H groups in total. The zero-order valence-corrected chi connectivity index (χ0v) is 16.4. The van der Waals surface area contributed by atoms with Crippen molar-refractivity contribution >= 4 is 17.5 Å². The summed E-state index contributed by atoms with van der Waals surface area (Å²) in [5.74, 6) is -4.03. The number of aliphatic hydroxyl groups excluding tert-OH is 1. The summed E-state index contributed by atoms with van der Waals surface area (Å²) in [6, 6.07) is 0. The minimum Gasteiger partial charge on any atom is -0.475 e. The molecule has 4 rings (SSSR count). The van der Waals surface area contributed by atoms with Gasteiger partial charge in [-0.1, -0.05) is 25.5 Å². The van der Waals surface area contributed by atoms with Crippen molar-refractivity contribution < 1.29 is 29.0 Å². The van der Waals surface area contributed by atoms with Crippen molar-refractivity contribution in [1.82, 2.24) is 0 Å². The maximum absolute atomic E-state index is 16.8. The molecule has 0 bridgehead atoms. The van der Waals surface area contributed by atoms with Gasteiger partial charge in [0.25, 0.3) is 0 Å². The largest absolute Gasteiger partial charge is 0.475 e. The molecule has 5 nitrogen and oxygen atoms in total. The molecule has 4 aliphatic rings. The number of aliphatic hydroxyl groups is 1. The molecule has 0 aromatic heterocycles. The maximum atomic E-state index is 16.8. The zero-order valence-electron chi connectivity index (χ0n) is 16.4. The number of hydrogen-bond acceptors (Lipinski definition) is 4. The normalized spacial score (nSPS) is 49.7. The number of carboxylic acids is 1. The highest BCUT2D eigenvalue weighted by Crippen LogP contribution is 2.69. The van der Waals surface area contributed by atoms with Gasteiger partial charge in [0.2, 0.25) is 5.78 Å². The van der Waals surface area contributed by atoms with Crippen LogP contribution in [0.1, 0.15) is 46.5 Å². The van der Waals surface area contributed by atoms with E-state index in [0.29, 0.717) is 24.8 Å². The van der Waals surface area contributed by atoms with Crippen LogP contribution >= 0.6 is 0 Å². The van der Waals surface area contributed by atoms with Gasteiger partial charge in [0.05, 0.1) is 6.10 Å². The van der Waals surface area contributed by atoms with E-state index in [0.717, 1.165) is 0 Å². The summed E-state index contributed by atoms with van der Waals surface area (Å²) in [7, 11) is 0. The molecule has 0 heterocycles. The molecule has 0 saturated heterocycles. The van der Waals surface area contributed by atoms with E-state index in [9.17, 15) is 24.6 Å². The van der Waals surface area contributed by atoms with Crippen LogP contribution in [0.25, 0.3) is 0 Å². The molecule has 6 heteroatoms. The summed E-state index contributed by atoms with van der Waals surface area (Å²) < 4.78 is 16.8. The summed E-state index contributed by atoms with van der Waals surface area (Å²) in [6.07, 6.45) is 4.80. The van der Waals surface area contributed by atoms with Crippen LogP contribution in [0.3, 0.4) is 0 Å². The first kappa shape index (κ1) is 19.5. The number of carbonyl (C=O) groups is 3. The third-order valence-corrected chi connectivity index (χ3v) is 8.47. The summed E-state index contributed by atoms with van der Waals surface area (Å²) in [6.45, 7) is 5.46. The number of fused-ring (bicyclic) bond motifs is 5. The number of hydrogen-bond donors (Lipinski definition) is 2. The van der Waals surface area contributed by atoms with Crippen molar-refractivity contribution in [3.63, 3.8) is 0 Å². The predicted molar refractivity (Wildman–Crippen MR) is 99.0 cm³/mol. The molecule has 0 radical (unpaired) electrons. The number of alkyl halides is 1. The van der Waals surface area contributed by atoms with E-state index in [1.165, 1.54) is 12.2 Å². The second-order valence-corrected chi connectivity index (χ2v) is 9.71. The number of aliphatic carboxylic acids is 1.